The van der Waals surface area contributed by atoms with Crippen LogP contribution in [0, 0.1) is 0 Å². The fourth-order valence-corrected chi connectivity index (χ4v) is 0.453. The predicted molar refractivity (Wildman–Crippen MR) is 60.2 cm³/mol. The minimum Gasteiger partial charge on any atom is -0.780 e. The van der Waals surface area contributed by atoms with E-state index in [2.05, 4.69) is 11.2 Å². The molecular formula is C6H8Na2O8S3. The van der Waals surface area contributed by atoms with E-state index >= 15 is 0 Å². The van der Waals surface area contributed by atoms with Crippen LogP contribution in [0.3, 0.4) is 0 Å². The molecule has 0 aliphatic rings. The first-order chi connectivity index (χ1) is 7.52. The molecule has 1 rings (SSSR count). The summed E-state index contributed by atoms with van der Waals surface area (Å²) in [7, 11) is -4.33. The van der Waals surface area contributed by atoms with Crippen LogP contribution >= 0.6 is 0 Å². The zero-order valence-electron chi connectivity index (χ0n) is 9.96. The molecule has 0 fully saturated rings. The SMILES string of the molecule is O=S(O)O.O=S([O-])([O-])=S.Oc1ccc(O)cc1.[Na+].[Na+]. The molecule has 0 saturated carbocycles. The molecule has 1 aromatic rings. The number of hydrogen-bond acceptors (Lipinski definition) is 7. The third-order valence-electron chi connectivity index (χ3n) is 0.850. The van der Waals surface area contributed by atoms with E-state index in [1.54, 1.807) is 0 Å². The molecule has 4 N–H and O–H groups in total. The Kier molecular flexibility index (Phi) is 23.2. The summed E-state index contributed by atoms with van der Waals surface area (Å²) in [5.74, 6) is 0.339. The number of hydrogen-bond donors (Lipinski definition) is 4. The standard InChI is InChI=1S/C6H6O2.2Na.H2O3S2.H2O3S/c7-5-1-2-6(8)4-3-5;;;1-5(2,3)4;1-4(2)3/h1-4,7-8H;;;(H2,1,2,3,4);(H2,1,2,3)/q;2*+1;;/p-2. The van der Waals surface area contributed by atoms with E-state index in [4.69, 9.17) is 36.8 Å². The van der Waals surface area contributed by atoms with Gasteiger partial charge in [-0.05, 0) is 35.5 Å². The zero-order valence-corrected chi connectivity index (χ0v) is 16.4. The van der Waals surface area contributed by atoms with Crippen molar-refractivity contribution in [2.24, 2.45) is 0 Å². The van der Waals surface area contributed by atoms with Crippen LogP contribution in [-0.4, -0.2) is 36.8 Å². The van der Waals surface area contributed by atoms with Crippen molar-refractivity contribution in [3.63, 3.8) is 0 Å². The van der Waals surface area contributed by atoms with Crippen molar-refractivity contribution in [1.82, 2.24) is 0 Å². The van der Waals surface area contributed by atoms with Crippen molar-refractivity contribution < 1.29 is 96.0 Å². The fourth-order valence-electron chi connectivity index (χ4n) is 0.453. The molecule has 0 atom stereocenters. The summed E-state index contributed by atoms with van der Waals surface area (Å²) in [6, 6.07) is 5.70. The van der Waals surface area contributed by atoms with Crippen molar-refractivity contribution in [2.75, 3.05) is 0 Å². The number of benzene rings is 1. The Labute approximate surface area is 161 Å². The molecule has 0 amide bonds. The Morgan fingerprint density at radius 2 is 1.11 bits per heavy atom. The summed E-state index contributed by atoms with van der Waals surface area (Å²) in [5.41, 5.74) is 0. The number of aromatic hydroxyl groups is 2. The largest absolute Gasteiger partial charge is 1.00 e. The van der Waals surface area contributed by atoms with Gasteiger partial charge >= 0.3 is 59.1 Å². The smallest absolute Gasteiger partial charge is 0.780 e. The molecule has 100 valence electrons. The summed E-state index contributed by atoms with van der Waals surface area (Å²) in [6.45, 7) is 0. The van der Waals surface area contributed by atoms with Crippen molar-refractivity contribution >= 4 is 31.6 Å². The molecule has 0 saturated heterocycles. The average Bonchev–Trinajstić information content (AvgIpc) is 2.06. The fraction of sp³-hybridized carbons (Fsp3) is 0. The monoisotopic (exact) mass is 350 g/mol. The van der Waals surface area contributed by atoms with Gasteiger partial charge in [-0.15, -0.1) is 9.05 Å². The Hall–Kier alpha value is 1.18. The Bertz CT molecular complexity index is 401. The van der Waals surface area contributed by atoms with Crippen molar-refractivity contribution in [2.45, 2.75) is 0 Å². The zero-order chi connectivity index (χ0) is 14.1. The minimum absolute atomic E-state index is 0. The molecule has 8 nitrogen and oxygen atoms in total. The first kappa shape index (κ1) is 28.4. The van der Waals surface area contributed by atoms with Crippen LogP contribution in [0.25, 0.3) is 0 Å². The van der Waals surface area contributed by atoms with E-state index in [0.29, 0.717) is 0 Å². The van der Waals surface area contributed by atoms with E-state index in [1.807, 2.05) is 0 Å². The predicted octanol–water partition coefficient (Wildman–Crippen LogP) is -6.22. The van der Waals surface area contributed by atoms with Crippen molar-refractivity contribution in [1.29, 1.82) is 0 Å². The summed E-state index contributed by atoms with van der Waals surface area (Å²) in [6.07, 6.45) is 0. The topological polar surface area (TPSA) is 161 Å². The van der Waals surface area contributed by atoms with Crippen molar-refractivity contribution in [3.05, 3.63) is 24.3 Å². The second-order valence-electron chi connectivity index (χ2n) is 2.16. The molecule has 0 aromatic heterocycles. The molecule has 0 radical (unpaired) electrons. The van der Waals surface area contributed by atoms with Crippen LogP contribution in [0.2, 0.25) is 0 Å². The van der Waals surface area contributed by atoms with Crippen LogP contribution in [0.4, 0.5) is 0 Å². The number of phenols is 2. The van der Waals surface area contributed by atoms with E-state index in [-0.39, 0.29) is 70.6 Å². The van der Waals surface area contributed by atoms with Gasteiger partial charge in [-0.2, -0.15) is 4.21 Å². The second kappa shape index (κ2) is 15.6. The van der Waals surface area contributed by atoms with E-state index in [1.165, 1.54) is 24.3 Å². The molecule has 0 unspecified atom stereocenters. The third-order valence-corrected chi connectivity index (χ3v) is 0.850. The Balaban J connectivity index is -0.0000000910. The third kappa shape index (κ3) is 45.3. The van der Waals surface area contributed by atoms with Gasteiger partial charge in [-0.1, -0.05) is 0 Å². The quantitative estimate of drug-likeness (QED) is 0.203. The van der Waals surface area contributed by atoms with E-state index < -0.39 is 20.4 Å². The molecule has 0 aliphatic heterocycles. The van der Waals surface area contributed by atoms with Gasteiger partial charge in [0.2, 0.25) is 0 Å². The van der Waals surface area contributed by atoms with Gasteiger partial charge in [-0.25, -0.2) is 0 Å². The molecule has 0 bridgehead atoms. The maximum Gasteiger partial charge on any atom is 1.00 e. The van der Waals surface area contributed by atoms with Gasteiger partial charge in [0.15, 0.2) is 0 Å². The molecule has 0 spiro atoms. The van der Waals surface area contributed by atoms with Crippen LogP contribution in [0.15, 0.2) is 24.3 Å². The summed E-state index contributed by atoms with van der Waals surface area (Å²) >= 11 is 0.632. The first-order valence-electron chi connectivity index (χ1n) is 3.47. The van der Waals surface area contributed by atoms with Crippen molar-refractivity contribution in [3.8, 4) is 11.5 Å². The average molecular weight is 350 g/mol. The van der Waals surface area contributed by atoms with Gasteiger partial charge in [0, 0.05) is 0 Å². The molecule has 1 aromatic carbocycles. The van der Waals surface area contributed by atoms with E-state index in [0.717, 1.165) is 0 Å². The maximum absolute atomic E-state index is 8.89. The first-order valence-corrected chi connectivity index (χ1v) is 6.86. The number of phenolic OH excluding ortho intramolecular Hbond substituents is 2. The van der Waals surface area contributed by atoms with Gasteiger partial charge < -0.3 is 19.3 Å². The maximum atomic E-state index is 8.89. The molecular weight excluding hydrogens is 342 g/mol. The van der Waals surface area contributed by atoms with Crippen LogP contribution in [0.1, 0.15) is 0 Å². The second-order valence-corrected chi connectivity index (χ2v) is 4.66. The van der Waals surface area contributed by atoms with Gasteiger partial charge in [-0.3, -0.25) is 13.3 Å². The van der Waals surface area contributed by atoms with Gasteiger partial charge in [0.1, 0.15) is 11.5 Å². The normalized spacial score (nSPS) is 8.68. The van der Waals surface area contributed by atoms with Gasteiger partial charge in [0.25, 0.3) is 11.4 Å². The minimum atomic E-state index is -4.33. The van der Waals surface area contributed by atoms with Crippen LogP contribution < -0.4 is 59.1 Å². The molecule has 0 heterocycles. The number of rotatable bonds is 0. The van der Waals surface area contributed by atoms with Gasteiger partial charge in [0.05, 0.1) is 0 Å². The molecule has 13 heteroatoms. The van der Waals surface area contributed by atoms with Crippen LogP contribution in [-0.2, 0) is 31.6 Å². The summed E-state index contributed by atoms with van der Waals surface area (Å²) in [4.78, 5) is 0. The Morgan fingerprint density at radius 3 is 1.21 bits per heavy atom. The summed E-state index contributed by atoms with van der Waals surface area (Å²) in [5, 5.41) is 17.3. The Morgan fingerprint density at radius 1 is 1.00 bits per heavy atom. The molecule has 19 heavy (non-hydrogen) atoms. The van der Waals surface area contributed by atoms with E-state index in [9.17, 15) is 0 Å². The van der Waals surface area contributed by atoms with Crippen LogP contribution in [0.5, 0.6) is 11.5 Å². The molecule has 0 aliphatic carbocycles. The summed E-state index contributed by atoms with van der Waals surface area (Å²) < 4.78 is 49.5.